The average Bonchev–Trinajstić information content (AvgIpc) is 3.19. The summed E-state index contributed by atoms with van der Waals surface area (Å²) in [5.74, 6) is 0. The molecule has 2 amide bonds. The highest BCUT2D eigenvalue weighted by Crippen LogP contribution is 2.49. The molecule has 3 aliphatic rings. The number of nitrogens with zero attached hydrogens (tertiary/aromatic N) is 2. The SMILES string of the molecule is Cc1ccc(S(=O)(=O)N2CC3CC4(CCCC4)CN3C2=O)cc1. The maximum atomic E-state index is 12.8. The van der Waals surface area contributed by atoms with Gasteiger partial charge in [-0.05, 0) is 43.7 Å². The molecule has 6 heteroatoms. The number of aryl methyl sites for hydroxylation is 1. The summed E-state index contributed by atoms with van der Waals surface area (Å²) in [7, 11) is -3.74. The van der Waals surface area contributed by atoms with Gasteiger partial charge in [0.25, 0.3) is 10.0 Å². The lowest BCUT2D eigenvalue weighted by molar-refractivity contribution is 0.197. The molecule has 0 bridgehead atoms. The first-order chi connectivity index (χ1) is 10.9. The zero-order chi connectivity index (χ0) is 16.2. The van der Waals surface area contributed by atoms with Crippen LogP contribution in [0.3, 0.4) is 0 Å². The lowest BCUT2D eigenvalue weighted by Crippen LogP contribution is -2.38. The standard InChI is InChI=1S/C17H22N2O3S/c1-13-4-6-15(7-5-13)23(21,22)19-11-14-10-17(8-2-3-9-17)12-18(14)16(19)20/h4-7,14H,2-3,8-12H2,1H3. The number of fused-ring (bicyclic) bond motifs is 1. The minimum absolute atomic E-state index is 0.0563. The van der Waals surface area contributed by atoms with E-state index >= 15 is 0 Å². The van der Waals surface area contributed by atoms with Gasteiger partial charge < -0.3 is 4.90 Å². The van der Waals surface area contributed by atoms with Crippen molar-refractivity contribution in [3.63, 3.8) is 0 Å². The molecule has 1 saturated carbocycles. The average molecular weight is 334 g/mol. The van der Waals surface area contributed by atoms with Gasteiger partial charge in [-0.1, -0.05) is 30.5 Å². The maximum Gasteiger partial charge on any atom is 0.334 e. The molecule has 0 N–H and O–H groups in total. The van der Waals surface area contributed by atoms with E-state index in [9.17, 15) is 13.2 Å². The largest absolute Gasteiger partial charge is 0.334 e. The Morgan fingerprint density at radius 1 is 1.13 bits per heavy atom. The molecule has 4 rings (SSSR count). The molecule has 124 valence electrons. The number of urea groups is 1. The quantitative estimate of drug-likeness (QED) is 0.835. The Bertz CT molecular complexity index is 736. The molecular weight excluding hydrogens is 312 g/mol. The summed E-state index contributed by atoms with van der Waals surface area (Å²) in [5, 5.41) is 0. The van der Waals surface area contributed by atoms with Crippen molar-refractivity contribution >= 4 is 16.1 Å². The summed E-state index contributed by atoms with van der Waals surface area (Å²) < 4.78 is 26.6. The summed E-state index contributed by atoms with van der Waals surface area (Å²) in [4.78, 5) is 14.7. The van der Waals surface area contributed by atoms with E-state index in [1.54, 1.807) is 29.2 Å². The second kappa shape index (κ2) is 4.97. The van der Waals surface area contributed by atoms with Gasteiger partial charge in [0, 0.05) is 6.54 Å². The highest BCUT2D eigenvalue weighted by atomic mass is 32.2. The van der Waals surface area contributed by atoms with Crippen molar-refractivity contribution in [2.45, 2.75) is 50.0 Å². The fourth-order valence-corrected chi connectivity index (χ4v) is 5.90. The lowest BCUT2D eigenvalue weighted by Gasteiger charge is -2.25. The lowest BCUT2D eigenvalue weighted by atomic mass is 9.84. The second-order valence-electron chi connectivity index (χ2n) is 7.32. The molecule has 5 nitrogen and oxygen atoms in total. The minimum atomic E-state index is -3.74. The van der Waals surface area contributed by atoms with Crippen molar-refractivity contribution in [1.82, 2.24) is 9.21 Å². The summed E-state index contributed by atoms with van der Waals surface area (Å²) in [5.41, 5.74) is 1.26. The van der Waals surface area contributed by atoms with Crippen LogP contribution >= 0.6 is 0 Å². The minimum Gasteiger partial charge on any atom is -0.318 e. The van der Waals surface area contributed by atoms with E-state index in [-0.39, 0.29) is 22.4 Å². The molecule has 2 heterocycles. The third-order valence-corrected chi connectivity index (χ3v) is 7.48. The van der Waals surface area contributed by atoms with E-state index in [0.29, 0.717) is 6.54 Å². The fourth-order valence-electron chi connectivity index (χ4n) is 4.49. The van der Waals surface area contributed by atoms with Crippen LogP contribution in [0.2, 0.25) is 0 Å². The van der Waals surface area contributed by atoms with Crippen LogP contribution in [0.15, 0.2) is 29.2 Å². The predicted octanol–water partition coefficient (Wildman–Crippen LogP) is 2.75. The third kappa shape index (κ3) is 2.26. The number of hydrogen-bond donors (Lipinski definition) is 0. The Balaban J connectivity index is 1.58. The molecule has 2 saturated heterocycles. The van der Waals surface area contributed by atoms with Gasteiger partial charge in [-0.15, -0.1) is 0 Å². The zero-order valence-corrected chi connectivity index (χ0v) is 14.2. The number of benzene rings is 1. The van der Waals surface area contributed by atoms with Crippen LogP contribution in [0.25, 0.3) is 0 Å². The van der Waals surface area contributed by atoms with E-state index in [1.807, 2.05) is 6.92 Å². The molecule has 1 aromatic rings. The van der Waals surface area contributed by atoms with Crippen LogP contribution in [-0.4, -0.2) is 42.8 Å². The number of carbonyl (C=O) groups is 1. The van der Waals surface area contributed by atoms with Gasteiger partial charge in [-0.3, -0.25) is 0 Å². The number of amides is 2. The van der Waals surface area contributed by atoms with E-state index in [1.165, 1.54) is 25.7 Å². The predicted molar refractivity (Wildman–Crippen MR) is 86.5 cm³/mol. The van der Waals surface area contributed by atoms with Gasteiger partial charge in [0.15, 0.2) is 0 Å². The molecule has 3 fully saturated rings. The Morgan fingerprint density at radius 3 is 2.39 bits per heavy atom. The first-order valence-electron chi connectivity index (χ1n) is 8.31. The highest BCUT2D eigenvalue weighted by Gasteiger charge is 2.54. The van der Waals surface area contributed by atoms with E-state index in [2.05, 4.69) is 0 Å². The molecule has 2 aliphatic heterocycles. The summed E-state index contributed by atoms with van der Waals surface area (Å²) in [6.07, 6.45) is 5.79. The van der Waals surface area contributed by atoms with Crippen molar-refractivity contribution in [3.05, 3.63) is 29.8 Å². The van der Waals surface area contributed by atoms with Crippen molar-refractivity contribution in [2.75, 3.05) is 13.1 Å². The Morgan fingerprint density at radius 2 is 1.78 bits per heavy atom. The molecule has 1 spiro atoms. The Hall–Kier alpha value is -1.56. The van der Waals surface area contributed by atoms with Crippen LogP contribution in [0.1, 0.15) is 37.7 Å². The zero-order valence-electron chi connectivity index (χ0n) is 13.4. The molecule has 0 radical (unpaired) electrons. The first kappa shape index (κ1) is 15.0. The van der Waals surface area contributed by atoms with Crippen molar-refractivity contribution in [3.8, 4) is 0 Å². The number of carbonyl (C=O) groups excluding carboxylic acids is 1. The third-order valence-electron chi connectivity index (χ3n) is 5.72. The number of hydrogen-bond acceptors (Lipinski definition) is 3. The molecule has 1 atom stereocenters. The Labute approximate surface area is 137 Å². The van der Waals surface area contributed by atoms with Gasteiger partial charge in [0.1, 0.15) is 0 Å². The summed E-state index contributed by atoms with van der Waals surface area (Å²) in [6.45, 7) is 2.95. The second-order valence-corrected chi connectivity index (χ2v) is 9.19. The molecule has 1 aromatic carbocycles. The van der Waals surface area contributed by atoms with Crippen LogP contribution in [0.5, 0.6) is 0 Å². The van der Waals surface area contributed by atoms with Crippen LogP contribution in [-0.2, 0) is 10.0 Å². The van der Waals surface area contributed by atoms with Gasteiger partial charge in [-0.2, -0.15) is 0 Å². The summed E-state index contributed by atoms with van der Waals surface area (Å²) >= 11 is 0. The van der Waals surface area contributed by atoms with E-state index in [0.717, 1.165) is 22.8 Å². The number of rotatable bonds is 2. The van der Waals surface area contributed by atoms with Gasteiger partial charge in [-0.25, -0.2) is 17.5 Å². The molecule has 23 heavy (non-hydrogen) atoms. The maximum absolute atomic E-state index is 12.8. The van der Waals surface area contributed by atoms with E-state index < -0.39 is 10.0 Å². The molecule has 0 aromatic heterocycles. The summed E-state index contributed by atoms with van der Waals surface area (Å²) in [6, 6.07) is 6.42. The number of sulfonamides is 1. The normalized spacial score (nSPS) is 26.3. The Kier molecular flexibility index (Phi) is 3.24. The van der Waals surface area contributed by atoms with Crippen molar-refractivity contribution in [2.24, 2.45) is 5.41 Å². The van der Waals surface area contributed by atoms with Crippen LogP contribution in [0, 0.1) is 12.3 Å². The van der Waals surface area contributed by atoms with Gasteiger partial charge >= 0.3 is 6.03 Å². The van der Waals surface area contributed by atoms with Crippen LogP contribution < -0.4 is 0 Å². The fraction of sp³-hybridized carbons (Fsp3) is 0.588. The molecule has 1 unspecified atom stereocenters. The van der Waals surface area contributed by atoms with E-state index in [4.69, 9.17) is 0 Å². The topological polar surface area (TPSA) is 57.7 Å². The van der Waals surface area contributed by atoms with Crippen molar-refractivity contribution < 1.29 is 13.2 Å². The monoisotopic (exact) mass is 334 g/mol. The molecular formula is C17H22N2O3S. The first-order valence-corrected chi connectivity index (χ1v) is 9.75. The van der Waals surface area contributed by atoms with Gasteiger partial charge in [0.05, 0.1) is 17.5 Å². The molecule has 1 aliphatic carbocycles. The van der Waals surface area contributed by atoms with Crippen LogP contribution in [0.4, 0.5) is 4.79 Å². The van der Waals surface area contributed by atoms with Gasteiger partial charge in [0.2, 0.25) is 0 Å². The smallest absolute Gasteiger partial charge is 0.318 e. The van der Waals surface area contributed by atoms with Crippen molar-refractivity contribution in [1.29, 1.82) is 0 Å². The highest BCUT2D eigenvalue weighted by molar-refractivity contribution is 7.89.